The molecule has 0 spiro atoms. The average Bonchev–Trinajstić information content (AvgIpc) is 1.85. The van der Waals surface area contributed by atoms with Crippen molar-refractivity contribution in [2.45, 2.75) is 19.1 Å². The molecule has 3 nitrogen and oxygen atoms in total. The third-order valence-corrected chi connectivity index (χ3v) is 0.782. The maximum Gasteiger partial charge on any atom is 0.471 e. The van der Waals surface area contributed by atoms with Crippen LogP contribution in [0.1, 0.15) is 6.92 Å². The summed E-state index contributed by atoms with van der Waals surface area (Å²) in [7, 11) is 0. The fourth-order valence-corrected chi connectivity index (χ4v) is 0.308. The molecule has 1 N–H and O–H groups in total. The third-order valence-electron chi connectivity index (χ3n) is 0.782. The van der Waals surface area contributed by atoms with Gasteiger partial charge in [0.05, 0.1) is 6.04 Å². The molecule has 11 heavy (non-hydrogen) atoms. The lowest BCUT2D eigenvalue weighted by Gasteiger charge is -2.08. The molecular formula is C5H5F3NO2. The number of nitrogens with one attached hydrogen (secondary N) is 1. The molecule has 0 aromatic rings. The molecule has 0 bridgehead atoms. The first kappa shape index (κ1) is 9.93. The second kappa shape index (κ2) is 3.36. The Morgan fingerprint density at radius 3 is 2.27 bits per heavy atom. The van der Waals surface area contributed by atoms with Gasteiger partial charge in [0, 0.05) is 0 Å². The second-order valence-corrected chi connectivity index (χ2v) is 1.81. The summed E-state index contributed by atoms with van der Waals surface area (Å²) in [6.07, 6.45) is -3.75. The smallest absolute Gasteiger partial charge is 0.338 e. The number of hydrogen-bond acceptors (Lipinski definition) is 2. The molecule has 1 radical (unpaired) electrons. The minimum atomic E-state index is -4.94. The summed E-state index contributed by atoms with van der Waals surface area (Å²) >= 11 is 0. The molecule has 0 aliphatic rings. The molecule has 63 valence electrons. The maximum atomic E-state index is 11.4. The normalized spacial score (nSPS) is 13.8. The van der Waals surface area contributed by atoms with E-state index in [0.29, 0.717) is 0 Å². The summed E-state index contributed by atoms with van der Waals surface area (Å²) in [5.41, 5.74) is 0. The molecule has 0 aromatic carbocycles. The summed E-state index contributed by atoms with van der Waals surface area (Å²) in [4.78, 5) is 19.7. The Kier molecular flexibility index (Phi) is 3.03. The van der Waals surface area contributed by atoms with Gasteiger partial charge in [-0.3, -0.25) is 9.59 Å². The van der Waals surface area contributed by atoms with Gasteiger partial charge >= 0.3 is 12.1 Å². The van der Waals surface area contributed by atoms with E-state index in [9.17, 15) is 22.8 Å². The molecule has 0 saturated carbocycles. The fraction of sp³-hybridized carbons (Fsp3) is 0.600. The quantitative estimate of drug-likeness (QED) is 0.638. The largest absolute Gasteiger partial charge is 0.471 e. The van der Waals surface area contributed by atoms with E-state index in [1.807, 2.05) is 0 Å². The van der Waals surface area contributed by atoms with Gasteiger partial charge in [0.15, 0.2) is 0 Å². The number of halogens is 3. The molecule has 0 aromatic heterocycles. The Morgan fingerprint density at radius 1 is 1.55 bits per heavy atom. The Balaban J connectivity index is 3.98. The van der Waals surface area contributed by atoms with Crippen molar-refractivity contribution in [1.29, 1.82) is 0 Å². The van der Waals surface area contributed by atoms with E-state index in [0.717, 1.165) is 6.92 Å². The zero-order valence-corrected chi connectivity index (χ0v) is 5.53. The molecular weight excluding hydrogens is 163 g/mol. The lowest BCUT2D eigenvalue weighted by atomic mass is 10.4. The molecule has 0 aliphatic carbocycles. The van der Waals surface area contributed by atoms with Gasteiger partial charge < -0.3 is 5.32 Å². The standard InChI is InChI=1S/C5H5F3NO2/c1-3(2-10)9-4(11)5(6,7)8/h3H,1H3,(H,9,11)/t3-/m0/s1. The van der Waals surface area contributed by atoms with Crippen LogP contribution in [0.5, 0.6) is 0 Å². The van der Waals surface area contributed by atoms with Gasteiger partial charge in [-0.2, -0.15) is 13.2 Å². The highest BCUT2D eigenvalue weighted by atomic mass is 19.4. The number of carbonyl (C=O) groups is 1. The summed E-state index contributed by atoms with van der Waals surface area (Å²) in [5, 5.41) is 1.38. The van der Waals surface area contributed by atoms with Crippen molar-refractivity contribution < 1.29 is 22.8 Å². The molecule has 0 saturated heterocycles. The molecule has 0 rings (SSSR count). The Morgan fingerprint density at radius 2 is 2.00 bits per heavy atom. The minimum absolute atomic E-state index is 1.09. The lowest BCUT2D eigenvalue weighted by Crippen LogP contribution is -2.42. The van der Waals surface area contributed by atoms with Crippen molar-refractivity contribution in [2.24, 2.45) is 0 Å². The van der Waals surface area contributed by atoms with Gasteiger partial charge in [-0.05, 0) is 6.92 Å². The van der Waals surface area contributed by atoms with Crippen LogP contribution in [0.2, 0.25) is 0 Å². The lowest BCUT2D eigenvalue weighted by molar-refractivity contribution is -0.173. The summed E-state index contributed by atoms with van der Waals surface area (Å²) in [6.45, 7) is 1.09. The van der Waals surface area contributed by atoms with Crippen LogP contribution >= 0.6 is 0 Å². The predicted octanol–water partition coefficient (Wildman–Crippen LogP) is 0.163. The van der Waals surface area contributed by atoms with Crippen LogP contribution in [-0.2, 0) is 9.59 Å². The molecule has 0 fully saturated rings. The molecule has 0 heterocycles. The number of amides is 1. The van der Waals surface area contributed by atoms with Crippen LogP contribution in [0.3, 0.4) is 0 Å². The van der Waals surface area contributed by atoms with Crippen LogP contribution < -0.4 is 5.32 Å². The molecule has 6 heteroatoms. The first-order chi connectivity index (χ1) is 4.88. The van der Waals surface area contributed by atoms with Gasteiger partial charge in [-0.1, -0.05) is 0 Å². The van der Waals surface area contributed by atoms with E-state index >= 15 is 0 Å². The van der Waals surface area contributed by atoms with Crippen molar-refractivity contribution in [3.8, 4) is 0 Å². The van der Waals surface area contributed by atoms with E-state index in [1.54, 1.807) is 0 Å². The highest BCUT2D eigenvalue weighted by molar-refractivity contribution is 5.84. The SMILES string of the molecule is C[C@@H]([C]=O)NC(=O)C(F)(F)F. The zero-order chi connectivity index (χ0) is 9.07. The molecule has 1 amide bonds. The highest BCUT2D eigenvalue weighted by Crippen LogP contribution is 2.13. The topological polar surface area (TPSA) is 46.2 Å². The van der Waals surface area contributed by atoms with E-state index in [1.165, 1.54) is 11.6 Å². The van der Waals surface area contributed by atoms with Crippen molar-refractivity contribution in [2.75, 3.05) is 0 Å². The first-order valence-corrected chi connectivity index (χ1v) is 2.63. The van der Waals surface area contributed by atoms with Crippen molar-refractivity contribution in [3.05, 3.63) is 0 Å². The zero-order valence-electron chi connectivity index (χ0n) is 5.53. The second-order valence-electron chi connectivity index (χ2n) is 1.81. The molecule has 1 atom stereocenters. The van der Waals surface area contributed by atoms with Gasteiger partial charge in [-0.25, -0.2) is 0 Å². The van der Waals surface area contributed by atoms with E-state index in [4.69, 9.17) is 0 Å². The Labute approximate surface area is 60.6 Å². The van der Waals surface area contributed by atoms with Crippen molar-refractivity contribution >= 4 is 12.2 Å². The van der Waals surface area contributed by atoms with E-state index in [-0.39, 0.29) is 0 Å². The third kappa shape index (κ3) is 3.59. The van der Waals surface area contributed by atoms with Crippen LogP contribution in [-0.4, -0.2) is 24.4 Å². The van der Waals surface area contributed by atoms with Crippen LogP contribution in [0, 0.1) is 0 Å². The average molecular weight is 168 g/mol. The number of hydrogen-bond donors (Lipinski definition) is 1. The highest BCUT2D eigenvalue weighted by Gasteiger charge is 2.39. The van der Waals surface area contributed by atoms with Gasteiger partial charge in [0.25, 0.3) is 0 Å². The predicted molar refractivity (Wildman–Crippen MR) is 29.4 cm³/mol. The number of rotatable bonds is 2. The summed E-state index contributed by atoms with van der Waals surface area (Å²) in [5.74, 6) is -2.13. The maximum absolute atomic E-state index is 11.4. The Bertz CT molecular complexity index is 166. The monoisotopic (exact) mass is 168 g/mol. The van der Waals surface area contributed by atoms with E-state index in [2.05, 4.69) is 0 Å². The van der Waals surface area contributed by atoms with Gasteiger partial charge in [-0.15, -0.1) is 0 Å². The van der Waals surface area contributed by atoms with E-state index < -0.39 is 18.1 Å². The minimum Gasteiger partial charge on any atom is -0.338 e. The van der Waals surface area contributed by atoms with Crippen LogP contribution in [0.4, 0.5) is 13.2 Å². The number of alkyl halides is 3. The summed E-state index contributed by atoms with van der Waals surface area (Å²) in [6, 6.07) is -1.23. The van der Waals surface area contributed by atoms with Crippen molar-refractivity contribution in [1.82, 2.24) is 5.32 Å². The van der Waals surface area contributed by atoms with Crippen LogP contribution in [0.25, 0.3) is 0 Å². The first-order valence-electron chi connectivity index (χ1n) is 2.63. The fourth-order valence-electron chi connectivity index (χ4n) is 0.308. The van der Waals surface area contributed by atoms with Crippen LogP contribution in [0.15, 0.2) is 0 Å². The molecule has 0 aliphatic heterocycles. The van der Waals surface area contributed by atoms with Gasteiger partial charge in [0.2, 0.25) is 6.29 Å². The van der Waals surface area contributed by atoms with Crippen molar-refractivity contribution in [3.63, 3.8) is 0 Å². The Hall–Kier alpha value is -1.07. The molecule has 0 unspecified atom stereocenters. The van der Waals surface area contributed by atoms with Gasteiger partial charge in [0.1, 0.15) is 0 Å². The summed E-state index contributed by atoms with van der Waals surface area (Å²) < 4.78 is 34.2. The number of carbonyl (C=O) groups excluding carboxylic acids is 2.